The number of ether oxygens (including phenoxy) is 3. The minimum atomic E-state index is -0.847. The molecule has 0 saturated heterocycles. The van der Waals surface area contributed by atoms with Gasteiger partial charge < -0.3 is 19.9 Å². The zero-order valence-corrected chi connectivity index (χ0v) is 15.9. The van der Waals surface area contributed by atoms with Crippen molar-refractivity contribution in [3.8, 4) is 5.75 Å². The molecule has 0 unspecified atom stereocenters. The lowest BCUT2D eigenvalue weighted by molar-refractivity contribution is 0.0594. The monoisotopic (exact) mass is 365 g/mol. The molecule has 2 N–H and O–H groups in total. The standard InChI is InChI=1S/C20H31NO5/c1-3-4-5-6-7-8-9-10-11-14-25-20(23)26-18-15-16(21)12-13-17(18)19(22)24-2/h12-13,15H,3-11,14,21H2,1-2H3. The van der Waals surface area contributed by atoms with Crippen molar-refractivity contribution in [3.63, 3.8) is 0 Å². The molecule has 0 bridgehead atoms. The Hall–Kier alpha value is -2.24. The van der Waals surface area contributed by atoms with E-state index in [0.717, 1.165) is 19.3 Å². The van der Waals surface area contributed by atoms with Crippen molar-refractivity contribution >= 4 is 17.8 Å². The van der Waals surface area contributed by atoms with Crippen LogP contribution in [0, 0.1) is 0 Å². The zero-order valence-electron chi connectivity index (χ0n) is 15.9. The van der Waals surface area contributed by atoms with Gasteiger partial charge in [-0.25, -0.2) is 9.59 Å². The van der Waals surface area contributed by atoms with Gasteiger partial charge in [-0.1, -0.05) is 58.3 Å². The lowest BCUT2D eigenvalue weighted by Crippen LogP contribution is -2.14. The van der Waals surface area contributed by atoms with E-state index in [2.05, 4.69) is 11.7 Å². The van der Waals surface area contributed by atoms with Crippen LogP contribution in [0.1, 0.15) is 75.1 Å². The fraction of sp³-hybridized carbons (Fsp3) is 0.600. The molecule has 0 fully saturated rings. The highest BCUT2D eigenvalue weighted by molar-refractivity contribution is 5.93. The second kappa shape index (κ2) is 13.0. The molecule has 0 aromatic heterocycles. The van der Waals surface area contributed by atoms with Gasteiger partial charge in [0.05, 0.1) is 13.7 Å². The van der Waals surface area contributed by atoms with Crippen molar-refractivity contribution in [2.75, 3.05) is 19.5 Å². The second-order valence-electron chi connectivity index (χ2n) is 6.28. The Bertz CT molecular complexity index is 559. The van der Waals surface area contributed by atoms with Crippen molar-refractivity contribution in [1.82, 2.24) is 0 Å². The predicted molar refractivity (Wildman–Crippen MR) is 101 cm³/mol. The lowest BCUT2D eigenvalue weighted by atomic mass is 10.1. The van der Waals surface area contributed by atoms with Gasteiger partial charge in [0.1, 0.15) is 5.56 Å². The number of esters is 1. The van der Waals surface area contributed by atoms with Gasteiger partial charge in [0.25, 0.3) is 0 Å². The number of nitrogens with two attached hydrogens (primary N) is 1. The summed E-state index contributed by atoms with van der Waals surface area (Å²) in [6, 6.07) is 4.38. The Morgan fingerprint density at radius 3 is 2.19 bits per heavy atom. The van der Waals surface area contributed by atoms with E-state index >= 15 is 0 Å². The summed E-state index contributed by atoms with van der Waals surface area (Å²) in [5.41, 5.74) is 6.17. The summed E-state index contributed by atoms with van der Waals surface area (Å²) in [6.45, 7) is 2.51. The van der Waals surface area contributed by atoms with Gasteiger partial charge in [0, 0.05) is 11.8 Å². The molecule has 1 rings (SSSR count). The van der Waals surface area contributed by atoms with Gasteiger partial charge in [-0.05, 0) is 18.6 Å². The summed E-state index contributed by atoms with van der Waals surface area (Å²) in [5.74, 6) is -0.569. The normalized spacial score (nSPS) is 10.4. The van der Waals surface area contributed by atoms with Crippen molar-refractivity contribution in [1.29, 1.82) is 0 Å². The first-order valence-electron chi connectivity index (χ1n) is 9.41. The van der Waals surface area contributed by atoms with Gasteiger partial charge in [-0.15, -0.1) is 0 Å². The summed E-state index contributed by atoms with van der Waals surface area (Å²) in [7, 11) is 1.25. The van der Waals surface area contributed by atoms with Crippen LogP contribution in [0.5, 0.6) is 5.75 Å². The molecule has 0 atom stereocenters. The number of anilines is 1. The van der Waals surface area contributed by atoms with E-state index in [1.807, 2.05) is 0 Å². The molecule has 26 heavy (non-hydrogen) atoms. The minimum absolute atomic E-state index is 0.0360. The molecule has 6 heteroatoms. The molecule has 0 amide bonds. The SMILES string of the molecule is CCCCCCCCCCCOC(=O)Oc1cc(N)ccc1C(=O)OC. The van der Waals surface area contributed by atoms with E-state index in [9.17, 15) is 9.59 Å². The van der Waals surface area contributed by atoms with Gasteiger partial charge >= 0.3 is 12.1 Å². The molecule has 0 spiro atoms. The maximum atomic E-state index is 11.8. The first kappa shape index (κ1) is 21.8. The average molecular weight is 365 g/mol. The van der Waals surface area contributed by atoms with Gasteiger partial charge in [-0.3, -0.25) is 0 Å². The third kappa shape index (κ3) is 8.74. The summed E-state index contributed by atoms with van der Waals surface area (Å²) >= 11 is 0. The van der Waals surface area contributed by atoms with E-state index in [1.54, 1.807) is 0 Å². The number of rotatable bonds is 12. The number of nitrogen functional groups attached to an aromatic ring is 1. The Morgan fingerprint density at radius 1 is 0.962 bits per heavy atom. The van der Waals surface area contributed by atoms with E-state index in [-0.39, 0.29) is 11.3 Å². The van der Waals surface area contributed by atoms with Crippen LogP contribution in [0.2, 0.25) is 0 Å². The molecular weight excluding hydrogens is 334 g/mol. The topological polar surface area (TPSA) is 87.9 Å². The molecule has 0 saturated carbocycles. The number of benzene rings is 1. The number of unbranched alkanes of at least 4 members (excludes halogenated alkanes) is 8. The minimum Gasteiger partial charge on any atom is -0.465 e. The van der Waals surface area contributed by atoms with Crippen LogP contribution in [-0.2, 0) is 9.47 Å². The van der Waals surface area contributed by atoms with E-state index in [4.69, 9.17) is 15.2 Å². The van der Waals surface area contributed by atoms with Crippen molar-refractivity contribution in [3.05, 3.63) is 23.8 Å². The van der Waals surface area contributed by atoms with Crippen LogP contribution < -0.4 is 10.5 Å². The first-order valence-corrected chi connectivity index (χ1v) is 9.41. The molecule has 0 radical (unpaired) electrons. The van der Waals surface area contributed by atoms with E-state index in [0.29, 0.717) is 12.3 Å². The molecule has 6 nitrogen and oxygen atoms in total. The quantitative estimate of drug-likeness (QED) is 0.240. The van der Waals surface area contributed by atoms with Crippen LogP contribution in [0.3, 0.4) is 0 Å². The smallest absolute Gasteiger partial charge is 0.465 e. The van der Waals surface area contributed by atoms with Crippen LogP contribution in [-0.4, -0.2) is 25.8 Å². The van der Waals surface area contributed by atoms with Gasteiger partial charge in [-0.2, -0.15) is 0 Å². The number of carbonyl (C=O) groups excluding carboxylic acids is 2. The molecule has 1 aromatic carbocycles. The van der Waals surface area contributed by atoms with Crippen LogP contribution in [0.15, 0.2) is 18.2 Å². The van der Waals surface area contributed by atoms with Crippen molar-refractivity contribution in [2.24, 2.45) is 0 Å². The summed E-state index contributed by atoms with van der Waals surface area (Å²) < 4.78 is 14.8. The summed E-state index contributed by atoms with van der Waals surface area (Å²) in [6.07, 6.45) is 9.83. The van der Waals surface area contributed by atoms with Crippen LogP contribution >= 0.6 is 0 Å². The number of hydrogen-bond donors (Lipinski definition) is 1. The third-order valence-electron chi connectivity index (χ3n) is 4.07. The Kier molecular flexibility index (Phi) is 10.9. The largest absolute Gasteiger partial charge is 0.513 e. The molecule has 0 aliphatic carbocycles. The Labute approximate surface area is 156 Å². The highest BCUT2D eigenvalue weighted by atomic mass is 16.7. The zero-order chi connectivity index (χ0) is 19.2. The molecule has 1 aromatic rings. The number of methoxy groups -OCH3 is 1. The molecule has 0 aliphatic heterocycles. The summed E-state index contributed by atoms with van der Waals surface area (Å²) in [5, 5.41) is 0. The fourth-order valence-corrected chi connectivity index (χ4v) is 2.59. The molecule has 0 aliphatic rings. The van der Waals surface area contributed by atoms with Gasteiger partial charge in [0.15, 0.2) is 5.75 Å². The van der Waals surface area contributed by atoms with Crippen LogP contribution in [0.4, 0.5) is 10.5 Å². The average Bonchev–Trinajstić information content (AvgIpc) is 2.62. The van der Waals surface area contributed by atoms with Gasteiger partial charge in [0.2, 0.25) is 0 Å². The predicted octanol–water partition coefficient (Wildman–Crippen LogP) is 5.10. The van der Waals surface area contributed by atoms with E-state index < -0.39 is 12.1 Å². The number of hydrogen-bond acceptors (Lipinski definition) is 6. The third-order valence-corrected chi connectivity index (χ3v) is 4.07. The molecule has 0 heterocycles. The lowest BCUT2D eigenvalue weighted by Gasteiger charge is -2.10. The maximum absolute atomic E-state index is 11.8. The number of carbonyl (C=O) groups is 2. The fourth-order valence-electron chi connectivity index (χ4n) is 2.59. The van der Waals surface area contributed by atoms with Crippen molar-refractivity contribution < 1.29 is 23.8 Å². The first-order chi connectivity index (χ1) is 12.6. The Morgan fingerprint density at radius 2 is 1.58 bits per heavy atom. The van der Waals surface area contributed by atoms with E-state index in [1.165, 1.54) is 63.8 Å². The molecular formula is C20H31NO5. The highest BCUT2D eigenvalue weighted by Crippen LogP contribution is 2.23. The Balaban J connectivity index is 2.23. The van der Waals surface area contributed by atoms with Crippen molar-refractivity contribution in [2.45, 2.75) is 64.7 Å². The highest BCUT2D eigenvalue weighted by Gasteiger charge is 2.17. The van der Waals surface area contributed by atoms with Crippen LogP contribution in [0.25, 0.3) is 0 Å². The molecule has 146 valence electrons. The summed E-state index contributed by atoms with van der Waals surface area (Å²) in [4.78, 5) is 23.5. The second-order valence-corrected chi connectivity index (χ2v) is 6.28. The maximum Gasteiger partial charge on any atom is 0.513 e.